The van der Waals surface area contributed by atoms with E-state index in [9.17, 15) is 4.79 Å². The topological polar surface area (TPSA) is 63.9 Å². The van der Waals surface area contributed by atoms with Gasteiger partial charge in [-0.1, -0.05) is 6.07 Å². The largest absolute Gasteiger partial charge is 0.326 e. The van der Waals surface area contributed by atoms with Gasteiger partial charge in [-0.15, -0.1) is 16.9 Å². The molecule has 1 aromatic carbocycles. The van der Waals surface area contributed by atoms with Gasteiger partial charge in [-0.05, 0) is 35.5 Å². The molecule has 7 heteroatoms. The number of aromatic nitrogens is 4. The molecule has 1 unspecified atom stereocenters. The van der Waals surface area contributed by atoms with E-state index in [4.69, 9.17) is 0 Å². The summed E-state index contributed by atoms with van der Waals surface area (Å²) in [6.07, 6.45) is 1.51. The molecule has 0 spiro atoms. The van der Waals surface area contributed by atoms with Crippen LogP contribution in [0.2, 0.25) is 0 Å². The average molecular weight is 275 g/mol. The van der Waals surface area contributed by atoms with E-state index >= 15 is 0 Å². The van der Waals surface area contributed by atoms with Crippen molar-refractivity contribution >= 4 is 17.7 Å². The summed E-state index contributed by atoms with van der Waals surface area (Å²) in [6.45, 7) is 2.86. The van der Waals surface area contributed by atoms with E-state index in [0.29, 0.717) is 5.56 Å². The molecular formula is C12H13N5OS. The average Bonchev–Trinajstić information content (AvgIpc) is 3.09. The van der Waals surface area contributed by atoms with Crippen molar-refractivity contribution in [2.75, 3.05) is 12.3 Å². The molecule has 1 aliphatic heterocycles. The van der Waals surface area contributed by atoms with Gasteiger partial charge in [0.1, 0.15) is 6.33 Å². The van der Waals surface area contributed by atoms with E-state index in [1.165, 1.54) is 6.33 Å². The molecule has 3 rings (SSSR count). The third kappa shape index (κ3) is 2.33. The van der Waals surface area contributed by atoms with Crippen molar-refractivity contribution in [2.45, 2.75) is 12.3 Å². The molecule has 0 saturated carbocycles. The highest BCUT2D eigenvalue weighted by atomic mass is 32.2. The maximum absolute atomic E-state index is 12.4. The van der Waals surface area contributed by atoms with Gasteiger partial charge < -0.3 is 4.90 Å². The van der Waals surface area contributed by atoms with Gasteiger partial charge in [-0.3, -0.25) is 4.79 Å². The number of benzene rings is 1. The van der Waals surface area contributed by atoms with Gasteiger partial charge in [0.05, 0.1) is 11.1 Å². The molecule has 98 valence electrons. The fourth-order valence-electron chi connectivity index (χ4n) is 2.09. The van der Waals surface area contributed by atoms with Crippen LogP contribution in [-0.4, -0.2) is 48.7 Å². The Balaban J connectivity index is 1.89. The third-order valence-corrected chi connectivity index (χ3v) is 4.25. The predicted molar refractivity (Wildman–Crippen MR) is 72.1 cm³/mol. The molecule has 1 aliphatic rings. The van der Waals surface area contributed by atoms with Crippen LogP contribution in [0, 0.1) is 0 Å². The lowest BCUT2D eigenvalue weighted by Crippen LogP contribution is -2.33. The van der Waals surface area contributed by atoms with Gasteiger partial charge in [-0.25, -0.2) is 4.68 Å². The Hall–Kier alpha value is -1.89. The van der Waals surface area contributed by atoms with Crippen molar-refractivity contribution < 1.29 is 4.79 Å². The quantitative estimate of drug-likeness (QED) is 0.824. The lowest BCUT2D eigenvalue weighted by molar-refractivity contribution is 0.0768. The summed E-state index contributed by atoms with van der Waals surface area (Å²) >= 11 is 1.80. The Morgan fingerprint density at radius 3 is 3.05 bits per heavy atom. The first-order chi connectivity index (χ1) is 9.25. The Bertz CT molecular complexity index is 586. The fourth-order valence-corrected chi connectivity index (χ4v) is 3.11. The number of nitrogens with zero attached hydrogens (tertiary/aromatic N) is 5. The van der Waals surface area contributed by atoms with Crippen LogP contribution in [0.15, 0.2) is 30.6 Å². The van der Waals surface area contributed by atoms with E-state index < -0.39 is 0 Å². The minimum atomic E-state index is 0.0624. The number of carbonyl (C=O) groups excluding carboxylic acids is 1. The van der Waals surface area contributed by atoms with Gasteiger partial charge in [0, 0.05) is 17.9 Å². The molecule has 2 aromatic rings. The molecule has 0 N–H and O–H groups in total. The van der Waals surface area contributed by atoms with Crippen LogP contribution in [0.25, 0.3) is 5.69 Å². The van der Waals surface area contributed by atoms with Crippen LogP contribution in [0.4, 0.5) is 0 Å². The maximum Gasteiger partial charge on any atom is 0.254 e. The lowest BCUT2D eigenvalue weighted by Gasteiger charge is -2.20. The van der Waals surface area contributed by atoms with Gasteiger partial charge >= 0.3 is 0 Å². The fraction of sp³-hybridized carbons (Fsp3) is 0.333. The number of rotatable bonds is 2. The summed E-state index contributed by atoms with van der Waals surface area (Å²) in [6, 6.07) is 7.35. The van der Waals surface area contributed by atoms with E-state index in [0.717, 1.165) is 18.0 Å². The number of thioether (sulfide) groups is 1. The van der Waals surface area contributed by atoms with E-state index in [1.807, 2.05) is 29.2 Å². The zero-order valence-corrected chi connectivity index (χ0v) is 11.2. The first-order valence-electron chi connectivity index (χ1n) is 6.02. The summed E-state index contributed by atoms with van der Waals surface area (Å²) in [4.78, 5) is 14.3. The Labute approximate surface area is 114 Å². The Kier molecular flexibility index (Phi) is 3.20. The molecule has 1 saturated heterocycles. The summed E-state index contributed by atoms with van der Waals surface area (Å²) in [7, 11) is 0. The zero-order valence-electron chi connectivity index (χ0n) is 10.4. The molecule has 6 nitrogen and oxygen atoms in total. The second-order valence-electron chi connectivity index (χ2n) is 4.27. The van der Waals surface area contributed by atoms with E-state index in [1.54, 1.807) is 16.4 Å². The van der Waals surface area contributed by atoms with Gasteiger partial charge in [-0.2, -0.15) is 0 Å². The highest BCUT2D eigenvalue weighted by Crippen LogP contribution is 2.25. The lowest BCUT2D eigenvalue weighted by atomic mass is 10.1. The van der Waals surface area contributed by atoms with Crippen molar-refractivity contribution in [1.29, 1.82) is 0 Å². The highest BCUT2D eigenvalue weighted by Gasteiger charge is 2.26. The first kappa shape index (κ1) is 12.2. The Morgan fingerprint density at radius 2 is 2.37 bits per heavy atom. The standard InChI is InChI=1S/C12H13N5OS/c1-9-16(5-6-19-9)12(18)10-3-2-4-11(7-10)17-8-13-14-15-17/h2-4,7-9H,5-6H2,1H3. The number of carbonyl (C=O) groups is 1. The van der Waals surface area contributed by atoms with Crippen LogP contribution in [-0.2, 0) is 0 Å². The number of amides is 1. The summed E-state index contributed by atoms with van der Waals surface area (Å²) in [5.41, 5.74) is 1.46. The van der Waals surface area contributed by atoms with Gasteiger partial charge in [0.2, 0.25) is 0 Å². The van der Waals surface area contributed by atoms with Crippen LogP contribution < -0.4 is 0 Å². The number of hydrogen-bond acceptors (Lipinski definition) is 5. The maximum atomic E-state index is 12.4. The monoisotopic (exact) mass is 275 g/mol. The van der Waals surface area contributed by atoms with Crippen molar-refractivity contribution in [2.24, 2.45) is 0 Å². The molecule has 1 amide bonds. The normalized spacial score (nSPS) is 18.8. The smallest absolute Gasteiger partial charge is 0.254 e. The van der Waals surface area contributed by atoms with Crippen molar-refractivity contribution in [3.8, 4) is 5.69 Å². The Morgan fingerprint density at radius 1 is 1.47 bits per heavy atom. The van der Waals surface area contributed by atoms with Gasteiger partial charge in [0.25, 0.3) is 5.91 Å². The molecule has 0 radical (unpaired) electrons. The molecule has 19 heavy (non-hydrogen) atoms. The van der Waals surface area contributed by atoms with Crippen molar-refractivity contribution in [1.82, 2.24) is 25.1 Å². The minimum absolute atomic E-state index is 0.0624. The number of tetrazole rings is 1. The van der Waals surface area contributed by atoms with Crippen molar-refractivity contribution in [3.63, 3.8) is 0 Å². The number of hydrogen-bond donors (Lipinski definition) is 0. The first-order valence-corrected chi connectivity index (χ1v) is 7.06. The second kappa shape index (κ2) is 5.00. The molecule has 1 fully saturated rings. The zero-order chi connectivity index (χ0) is 13.2. The van der Waals surface area contributed by atoms with Crippen LogP contribution in [0.1, 0.15) is 17.3 Å². The minimum Gasteiger partial charge on any atom is -0.326 e. The molecule has 1 aromatic heterocycles. The summed E-state index contributed by atoms with van der Waals surface area (Å²) in [5, 5.41) is 11.3. The van der Waals surface area contributed by atoms with Crippen LogP contribution in [0.5, 0.6) is 0 Å². The van der Waals surface area contributed by atoms with E-state index in [-0.39, 0.29) is 11.3 Å². The second-order valence-corrected chi connectivity index (χ2v) is 5.70. The SMILES string of the molecule is CC1SCCN1C(=O)c1cccc(-n2cnnn2)c1. The highest BCUT2D eigenvalue weighted by molar-refractivity contribution is 8.00. The van der Waals surface area contributed by atoms with Crippen LogP contribution >= 0.6 is 11.8 Å². The predicted octanol–water partition coefficient (Wildman–Crippen LogP) is 1.20. The molecular weight excluding hydrogens is 262 g/mol. The third-order valence-electron chi connectivity index (χ3n) is 3.10. The summed E-state index contributed by atoms with van der Waals surface area (Å²) in [5.74, 6) is 1.06. The molecule has 2 heterocycles. The van der Waals surface area contributed by atoms with E-state index in [2.05, 4.69) is 22.4 Å². The van der Waals surface area contributed by atoms with Gasteiger partial charge in [0.15, 0.2) is 0 Å². The molecule has 0 bridgehead atoms. The van der Waals surface area contributed by atoms with Crippen molar-refractivity contribution in [3.05, 3.63) is 36.2 Å². The van der Waals surface area contributed by atoms with Crippen LogP contribution in [0.3, 0.4) is 0 Å². The molecule has 0 aliphatic carbocycles. The summed E-state index contributed by atoms with van der Waals surface area (Å²) < 4.78 is 1.54. The molecule has 1 atom stereocenters.